The van der Waals surface area contributed by atoms with Crippen molar-refractivity contribution in [3.05, 3.63) is 65.2 Å². The Balaban J connectivity index is 1.95. The van der Waals surface area contributed by atoms with E-state index >= 15 is 0 Å². The van der Waals surface area contributed by atoms with Crippen molar-refractivity contribution in [1.82, 2.24) is 0 Å². The van der Waals surface area contributed by atoms with Crippen molar-refractivity contribution in [1.29, 1.82) is 0 Å². The SMILES string of the molecule is Cc1ccc(C(N)CCN(C)c2ccc(F)cc2)cc1F. The van der Waals surface area contributed by atoms with Crippen molar-refractivity contribution in [3.63, 3.8) is 0 Å². The van der Waals surface area contributed by atoms with E-state index in [0.29, 0.717) is 18.5 Å². The van der Waals surface area contributed by atoms with Gasteiger partial charge >= 0.3 is 0 Å². The Kier molecular flexibility index (Phi) is 4.91. The molecule has 2 N–H and O–H groups in total. The third-order valence-electron chi connectivity index (χ3n) is 3.67. The molecule has 2 rings (SSSR count). The predicted octanol–water partition coefficient (Wildman–Crippen LogP) is 3.80. The standard InChI is InChI=1S/C17H20F2N2/c1-12-3-4-13(11-16(12)19)17(20)9-10-21(2)15-7-5-14(18)6-8-15/h3-8,11,17H,9-10,20H2,1-2H3. The molecule has 0 aromatic heterocycles. The number of hydrogen-bond acceptors (Lipinski definition) is 2. The van der Waals surface area contributed by atoms with Gasteiger partial charge in [-0.1, -0.05) is 12.1 Å². The normalized spacial score (nSPS) is 12.2. The number of hydrogen-bond donors (Lipinski definition) is 1. The van der Waals surface area contributed by atoms with E-state index in [9.17, 15) is 8.78 Å². The fourth-order valence-corrected chi connectivity index (χ4v) is 2.16. The van der Waals surface area contributed by atoms with Crippen molar-refractivity contribution >= 4 is 5.69 Å². The molecule has 0 saturated carbocycles. The Morgan fingerprint density at radius 3 is 2.38 bits per heavy atom. The van der Waals surface area contributed by atoms with Gasteiger partial charge in [-0.25, -0.2) is 8.78 Å². The third kappa shape index (κ3) is 4.02. The molecule has 0 spiro atoms. The lowest BCUT2D eigenvalue weighted by Gasteiger charge is -2.22. The van der Waals surface area contributed by atoms with E-state index < -0.39 is 0 Å². The number of rotatable bonds is 5. The fourth-order valence-electron chi connectivity index (χ4n) is 2.16. The second-order valence-corrected chi connectivity index (χ2v) is 5.30. The molecule has 0 aliphatic carbocycles. The summed E-state index contributed by atoms with van der Waals surface area (Å²) in [6, 6.07) is 11.2. The highest BCUT2D eigenvalue weighted by Crippen LogP contribution is 2.19. The Morgan fingerprint density at radius 2 is 1.76 bits per heavy atom. The van der Waals surface area contributed by atoms with Gasteiger partial charge < -0.3 is 10.6 Å². The largest absolute Gasteiger partial charge is 0.375 e. The van der Waals surface area contributed by atoms with Crippen LogP contribution in [0.1, 0.15) is 23.6 Å². The highest BCUT2D eigenvalue weighted by atomic mass is 19.1. The summed E-state index contributed by atoms with van der Waals surface area (Å²) in [6.45, 7) is 2.44. The quantitative estimate of drug-likeness (QED) is 0.907. The fraction of sp³-hybridized carbons (Fsp3) is 0.294. The zero-order valence-corrected chi connectivity index (χ0v) is 12.3. The second kappa shape index (κ2) is 6.68. The number of aryl methyl sites for hydroxylation is 1. The molecule has 0 bridgehead atoms. The minimum absolute atomic E-state index is 0.219. The average molecular weight is 290 g/mol. The van der Waals surface area contributed by atoms with E-state index in [4.69, 9.17) is 5.73 Å². The number of nitrogens with two attached hydrogens (primary N) is 1. The van der Waals surface area contributed by atoms with Gasteiger partial charge in [-0.15, -0.1) is 0 Å². The van der Waals surface area contributed by atoms with Crippen molar-refractivity contribution in [2.24, 2.45) is 5.73 Å². The van der Waals surface area contributed by atoms with E-state index in [2.05, 4.69) is 0 Å². The topological polar surface area (TPSA) is 29.3 Å². The summed E-state index contributed by atoms with van der Waals surface area (Å²) < 4.78 is 26.4. The van der Waals surface area contributed by atoms with Gasteiger partial charge in [0, 0.05) is 25.3 Å². The van der Waals surface area contributed by atoms with Gasteiger partial charge in [0.25, 0.3) is 0 Å². The summed E-state index contributed by atoms with van der Waals surface area (Å²) in [5, 5.41) is 0. The van der Waals surface area contributed by atoms with Crippen LogP contribution in [0.3, 0.4) is 0 Å². The predicted molar refractivity (Wildman–Crippen MR) is 82.4 cm³/mol. The molecule has 21 heavy (non-hydrogen) atoms. The Labute approximate surface area is 124 Å². The van der Waals surface area contributed by atoms with Crippen LogP contribution in [0.2, 0.25) is 0 Å². The van der Waals surface area contributed by atoms with Crippen LogP contribution < -0.4 is 10.6 Å². The molecule has 0 aliphatic heterocycles. The van der Waals surface area contributed by atoms with Crippen molar-refractivity contribution in [3.8, 4) is 0 Å². The van der Waals surface area contributed by atoms with E-state index in [-0.39, 0.29) is 17.7 Å². The molecule has 112 valence electrons. The van der Waals surface area contributed by atoms with E-state index in [1.54, 1.807) is 25.1 Å². The highest BCUT2D eigenvalue weighted by Gasteiger charge is 2.10. The summed E-state index contributed by atoms with van der Waals surface area (Å²) in [5.74, 6) is -0.478. The van der Waals surface area contributed by atoms with Gasteiger partial charge in [-0.05, 0) is 54.8 Å². The Bertz CT molecular complexity index is 596. The van der Waals surface area contributed by atoms with Crippen molar-refractivity contribution < 1.29 is 8.78 Å². The molecule has 1 atom stereocenters. The first-order valence-electron chi connectivity index (χ1n) is 6.95. The van der Waals surface area contributed by atoms with Gasteiger partial charge in [0.05, 0.1) is 0 Å². The lowest BCUT2D eigenvalue weighted by atomic mass is 10.0. The summed E-state index contributed by atoms with van der Waals surface area (Å²) in [6.07, 6.45) is 0.691. The summed E-state index contributed by atoms with van der Waals surface area (Å²) in [4.78, 5) is 2.00. The minimum atomic E-state index is -0.251. The van der Waals surface area contributed by atoms with Crippen molar-refractivity contribution in [2.75, 3.05) is 18.5 Å². The highest BCUT2D eigenvalue weighted by molar-refractivity contribution is 5.45. The first-order valence-corrected chi connectivity index (χ1v) is 6.95. The van der Waals surface area contributed by atoms with Gasteiger partial charge in [0.2, 0.25) is 0 Å². The first-order chi connectivity index (χ1) is 9.97. The molecule has 0 amide bonds. The average Bonchev–Trinajstić information content (AvgIpc) is 2.48. The Hall–Kier alpha value is -1.94. The minimum Gasteiger partial charge on any atom is -0.375 e. The molecular formula is C17H20F2N2. The first kappa shape index (κ1) is 15.4. The van der Waals surface area contributed by atoms with Gasteiger partial charge in [0.1, 0.15) is 11.6 Å². The summed E-state index contributed by atoms with van der Waals surface area (Å²) in [5.41, 5.74) is 8.46. The summed E-state index contributed by atoms with van der Waals surface area (Å²) >= 11 is 0. The van der Waals surface area contributed by atoms with Crippen LogP contribution >= 0.6 is 0 Å². The maximum atomic E-state index is 13.5. The zero-order chi connectivity index (χ0) is 15.4. The zero-order valence-electron chi connectivity index (χ0n) is 12.3. The molecule has 0 aliphatic rings. The molecule has 0 heterocycles. The van der Waals surface area contributed by atoms with Crippen LogP contribution in [0, 0.1) is 18.6 Å². The molecular weight excluding hydrogens is 270 g/mol. The van der Waals surface area contributed by atoms with Gasteiger partial charge in [0.15, 0.2) is 0 Å². The molecule has 0 fully saturated rings. The van der Waals surface area contributed by atoms with Crippen LogP contribution in [0.5, 0.6) is 0 Å². The molecule has 2 aromatic carbocycles. The number of benzene rings is 2. The summed E-state index contributed by atoms with van der Waals surface area (Å²) in [7, 11) is 1.93. The molecule has 4 heteroatoms. The van der Waals surface area contributed by atoms with E-state index in [1.165, 1.54) is 18.2 Å². The number of halogens is 2. The lowest BCUT2D eigenvalue weighted by Crippen LogP contribution is -2.23. The van der Waals surface area contributed by atoms with Crippen LogP contribution in [0.4, 0.5) is 14.5 Å². The number of anilines is 1. The van der Waals surface area contributed by atoms with E-state index in [1.807, 2.05) is 18.0 Å². The van der Waals surface area contributed by atoms with Gasteiger partial charge in [-0.3, -0.25) is 0 Å². The molecule has 0 radical (unpaired) electrons. The van der Waals surface area contributed by atoms with Gasteiger partial charge in [-0.2, -0.15) is 0 Å². The van der Waals surface area contributed by atoms with Crippen LogP contribution in [-0.4, -0.2) is 13.6 Å². The maximum Gasteiger partial charge on any atom is 0.126 e. The molecule has 1 unspecified atom stereocenters. The molecule has 0 saturated heterocycles. The maximum absolute atomic E-state index is 13.5. The smallest absolute Gasteiger partial charge is 0.126 e. The third-order valence-corrected chi connectivity index (χ3v) is 3.67. The Morgan fingerprint density at radius 1 is 1.10 bits per heavy atom. The van der Waals surface area contributed by atoms with Crippen LogP contribution in [0.25, 0.3) is 0 Å². The van der Waals surface area contributed by atoms with Crippen LogP contribution in [-0.2, 0) is 0 Å². The van der Waals surface area contributed by atoms with E-state index in [0.717, 1.165) is 11.3 Å². The monoisotopic (exact) mass is 290 g/mol. The molecule has 2 aromatic rings. The molecule has 2 nitrogen and oxygen atoms in total. The lowest BCUT2D eigenvalue weighted by molar-refractivity contribution is 0.601. The second-order valence-electron chi connectivity index (χ2n) is 5.30. The van der Waals surface area contributed by atoms with Crippen molar-refractivity contribution in [2.45, 2.75) is 19.4 Å². The number of nitrogens with zero attached hydrogens (tertiary/aromatic N) is 1. The van der Waals surface area contributed by atoms with Crippen LogP contribution in [0.15, 0.2) is 42.5 Å².